The first kappa shape index (κ1) is 23.9. The molecular weight excluding hydrogens is 456 g/mol. The van der Waals surface area contributed by atoms with Gasteiger partial charge in [0.05, 0.1) is 31.5 Å². The summed E-state index contributed by atoms with van der Waals surface area (Å²) >= 11 is 0. The molecule has 0 bridgehead atoms. The number of aromatic nitrogens is 2. The molecule has 9 nitrogen and oxygen atoms in total. The lowest BCUT2D eigenvalue weighted by Gasteiger charge is -2.26. The number of carbonyl (C=O) groups is 1. The molecule has 4 rings (SSSR count). The van der Waals surface area contributed by atoms with Crippen LogP contribution in [0.1, 0.15) is 17.5 Å². The number of amides is 1. The van der Waals surface area contributed by atoms with E-state index in [9.17, 15) is 13.2 Å². The molecule has 1 N–H and O–H groups in total. The quantitative estimate of drug-likeness (QED) is 0.499. The standard InChI is InChI=1S/C24H28N4O5S/c1-32-23-8-7-22(34(30,31)28-12-14-33-15-13-28)16-20(23)4-9-24(29)26-17-19-2-5-21(6-3-19)27-11-10-25-18-27/h2-3,5-8,10-11,16,18H,4,9,12-15,17H2,1H3,(H,26,29). The Morgan fingerprint density at radius 3 is 2.59 bits per heavy atom. The van der Waals surface area contributed by atoms with Gasteiger partial charge in [0.25, 0.3) is 0 Å². The van der Waals surface area contributed by atoms with E-state index in [1.54, 1.807) is 30.7 Å². The van der Waals surface area contributed by atoms with Crippen molar-refractivity contribution >= 4 is 15.9 Å². The number of nitrogens with one attached hydrogen (secondary N) is 1. The fourth-order valence-corrected chi connectivity index (χ4v) is 5.24. The minimum atomic E-state index is -3.62. The van der Waals surface area contributed by atoms with Crippen LogP contribution in [0.4, 0.5) is 0 Å². The van der Waals surface area contributed by atoms with Gasteiger partial charge >= 0.3 is 0 Å². The van der Waals surface area contributed by atoms with Crippen LogP contribution < -0.4 is 10.1 Å². The highest BCUT2D eigenvalue weighted by molar-refractivity contribution is 7.89. The molecule has 1 amide bonds. The Labute approximate surface area is 199 Å². The summed E-state index contributed by atoms with van der Waals surface area (Å²) in [7, 11) is -2.09. The van der Waals surface area contributed by atoms with Crippen molar-refractivity contribution in [1.82, 2.24) is 19.2 Å². The first-order valence-electron chi connectivity index (χ1n) is 11.1. The van der Waals surface area contributed by atoms with Gasteiger partial charge in [0.1, 0.15) is 5.75 Å². The second-order valence-corrected chi connectivity index (χ2v) is 9.84. The Morgan fingerprint density at radius 1 is 1.15 bits per heavy atom. The molecule has 1 aromatic heterocycles. The number of sulfonamides is 1. The molecule has 0 unspecified atom stereocenters. The molecule has 0 radical (unpaired) electrons. The molecule has 1 aliphatic rings. The molecular formula is C24H28N4O5S. The minimum Gasteiger partial charge on any atom is -0.496 e. The molecule has 0 atom stereocenters. The van der Waals surface area contributed by atoms with Gasteiger partial charge in [0, 0.05) is 44.1 Å². The first-order valence-corrected chi connectivity index (χ1v) is 12.5. The van der Waals surface area contributed by atoms with Crippen molar-refractivity contribution < 1.29 is 22.7 Å². The summed E-state index contributed by atoms with van der Waals surface area (Å²) in [5.74, 6) is 0.436. The van der Waals surface area contributed by atoms with Crippen LogP contribution in [0.5, 0.6) is 5.75 Å². The predicted octanol–water partition coefficient (Wildman–Crippen LogP) is 2.15. The van der Waals surface area contributed by atoms with Gasteiger partial charge in [-0.1, -0.05) is 12.1 Å². The van der Waals surface area contributed by atoms with Crippen molar-refractivity contribution in [2.75, 3.05) is 33.4 Å². The highest BCUT2D eigenvalue weighted by Crippen LogP contribution is 2.26. The lowest BCUT2D eigenvalue weighted by atomic mass is 10.1. The SMILES string of the molecule is COc1ccc(S(=O)(=O)N2CCOCC2)cc1CCC(=O)NCc1ccc(-n2ccnc2)cc1. The van der Waals surface area contributed by atoms with Crippen molar-refractivity contribution in [3.63, 3.8) is 0 Å². The van der Waals surface area contributed by atoms with E-state index < -0.39 is 10.0 Å². The van der Waals surface area contributed by atoms with E-state index in [1.807, 2.05) is 35.0 Å². The van der Waals surface area contributed by atoms with Crippen molar-refractivity contribution in [1.29, 1.82) is 0 Å². The topological polar surface area (TPSA) is 103 Å². The average Bonchev–Trinajstić information content (AvgIpc) is 3.42. The van der Waals surface area contributed by atoms with Gasteiger partial charge < -0.3 is 19.4 Å². The van der Waals surface area contributed by atoms with Crippen LogP contribution in [-0.4, -0.2) is 61.6 Å². The van der Waals surface area contributed by atoms with Crippen molar-refractivity contribution in [2.45, 2.75) is 24.3 Å². The predicted molar refractivity (Wildman–Crippen MR) is 126 cm³/mol. The number of morpholine rings is 1. The first-order chi connectivity index (χ1) is 16.5. The van der Waals surface area contributed by atoms with Gasteiger partial charge in [-0.25, -0.2) is 13.4 Å². The second kappa shape index (κ2) is 10.8. The summed E-state index contributed by atoms with van der Waals surface area (Å²) in [5.41, 5.74) is 2.65. The van der Waals surface area contributed by atoms with Gasteiger partial charge in [-0.2, -0.15) is 4.31 Å². The monoisotopic (exact) mass is 484 g/mol. The number of nitrogens with zero attached hydrogens (tertiary/aromatic N) is 3. The maximum absolute atomic E-state index is 13.0. The molecule has 2 heterocycles. The highest BCUT2D eigenvalue weighted by atomic mass is 32.2. The lowest BCUT2D eigenvalue weighted by molar-refractivity contribution is -0.121. The zero-order chi connectivity index (χ0) is 24.0. The summed E-state index contributed by atoms with van der Waals surface area (Å²) in [6.45, 7) is 1.83. The third-order valence-electron chi connectivity index (χ3n) is 5.71. The van der Waals surface area contributed by atoms with E-state index in [0.29, 0.717) is 50.6 Å². The molecule has 1 fully saturated rings. The normalized spacial score (nSPS) is 14.6. The number of hydrogen-bond donors (Lipinski definition) is 1. The molecule has 34 heavy (non-hydrogen) atoms. The number of imidazole rings is 1. The molecule has 1 saturated heterocycles. The van der Waals surface area contributed by atoms with Crippen LogP contribution in [0, 0.1) is 0 Å². The molecule has 180 valence electrons. The summed E-state index contributed by atoms with van der Waals surface area (Å²) in [4.78, 5) is 16.7. The Bertz CT molecular complexity index is 1200. The number of aryl methyl sites for hydroxylation is 1. The Kier molecular flexibility index (Phi) is 7.61. The number of benzene rings is 2. The number of methoxy groups -OCH3 is 1. The Hall–Kier alpha value is -3.21. The molecule has 0 spiro atoms. The molecule has 0 saturated carbocycles. The number of ether oxygens (including phenoxy) is 2. The van der Waals surface area contributed by atoms with Crippen LogP contribution in [0.3, 0.4) is 0 Å². The fourth-order valence-electron chi connectivity index (χ4n) is 3.78. The number of carbonyl (C=O) groups excluding carboxylic acids is 1. The summed E-state index contributed by atoms with van der Waals surface area (Å²) in [5, 5.41) is 2.92. The molecule has 3 aromatic rings. The maximum Gasteiger partial charge on any atom is 0.243 e. The Morgan fingerprint density at radius 2 is 1.91 bits per heavy atom. The molecule has 2 aromatic carbocycles. The zero-order valence-corrected chi connectivity index (χ0v) is 19.8. The van der Waals surface area contributed by atoms with Gasteiger partial charge in [-0.05, 0) is 47.9 Å². The minimum absolute atomic E-state index is 0.123. The maximum atomic E-state index is 13.0. The van der Waals surface area contributed by atoms with Crippen molar-refractivity contribution in [3.8, 4) is 11.4 Å². The van der Waals surface area contributed by atoms with Gasteiger partial charge in [-0.3, -0.25) is 4.79 Å². The van der Waals surface area contributed by atoms with Crippen LogP contribution >= 0.6 is 0 Å². The second-order valence-electron chi connectivity index (χ2n) is 7.90. The van der Waals surface area contributed by atoms with E-state index >= 15 is 0 Å². The van der Waals surface area contributed by atoms with Gasteiger partial charge in [0.2, 0.25) is 15.9 Å². The van der Waals surface area contributed by atoms with Gasteiger partial charge in [-0.15, -0.1) is 0 Å². The summed E-state index contributed by atoms with van der Waals surface area (Å²) < 4.78 is 39.9. The van der Waals surface area contributed by atoms with Crippen LogP contribution in [0.25, 0.3) is 5.69 Å². The Balaban J connectivity index is 1.35. The van der Waals surface area contributed by atoms with Crippen LogP contribution in [0.2, 0.25) is 0 Å². The van der Waals surface area contributed by atoms with E-state index in [0.717, 1.165) is 11.3 Å². The van der Waals surface area contributed by atoms with Crippen LogP contribution in [0.15, 0.2) is 66.1 Å². The van der Waals surface area contributed by atoms with Crippen molar-refractivity contribution in [3.05, 3.63) is 72.3 Å². The smallest absolute Gasteiger partial charge is 0.243 e. The summed E-state index contributed by atoms with van der Waals surface area (Å²) in [6.07, 6.45) is 5.89. The highest BCUT2D eigenvalue weighted by Gasteiger charge is 2.27. The van der Waals surface area contributed by atoms with E-state index in [1.165, 1.54) is 11.4 Å². The van der Waals surface area contributed by atoms with Crippen LogP contribution in [-0.2, 0) is 32.5 Å². The van der Waals surface area contributed by atoms with E-state index in [2.05, 4.69) is 10.3 Å². The van der Waals surface area contributed by atoms with E-state index in [-0.39, 0.29) is 17.2 Å². The third-order valence-corrected chi connectivity index (χ3v) is 7.60. The van der Waals surface area contributed by atoms with Crippen molar-refractivity contribution in [2.24, 2.45) is 0 Å². The van der Waals surface area contributed by atoms with Gasteiger partial charge in [0.15, 0.2) is 0 Å². The number of rotatable bonds is 9. The molecule has 10 heteroatoms. The summed E-state index contributed by atoms with van der Waals surface area (Å²) in [6, 6.07) is 12.6. The average molecular weight is 485 g/mol. The molecule has 0 aliphatic carbocycles. The zero-order valence-electron chi connectivity index (χ0n) is 19.0. The molecule has 1 aliphatic heterocycles. The lowest BCUT2D eigenvalue weighted by Crippen LogP contribution is -2.40. The fraction of sp³-hybridized carbons (Fsp3) is 0.333. The number of hydrogen-bond acceptors (Lipinski definition) is 6. The largest absolute Gasteiger partial charge is 0.496 e. The van der Waals surface area contributed by atoms with E-state index in [4.69, 9.17) is 9.47 Å². The third kappa shape index (κ3) is 5.64.